The Morgan fingerprint density at radius 2 is 2.20 bits per heavy atom. The number of nitrogen functional groups attached to an aromatic ring is 1. The van der Waals surface area contributed by atoms with Gasteiger partial charge in [0.1, 0.15) is 11.9 Å². The van der Waals surface area contributed by atoms with Gasteiger partial charge in [0.05, 0.1) is 6.61 Å². The van der Waals surface area contributed by atoms with Crippen molar-refractivity contribution in [3.05, 3.63) is 36.0 Å². The molecular formula is C13H15N3O3S. The van der Waals surface area contributed by atoms with Gasteiger partial charge in [-0.15, -0.1) is 0 Å². The molecule has 0 radical (unpaired) electrons. The largest absolute Gasteiger partial charge is 0.484 e. The summed E-state index contributed by atoms with van der Waals surface area (Å²) < 4.78 is 16.3. The lowest BCUT2D eigenvalue weighted by Gasteiger charge is -2.18. The van der Waals surface area contributed by atoms with Crippen molar-refractivity contribution < 1.29 is 14.0 Å². The third kappa shape index (κ3) is 3.23. The van der Waals surface area contributed by atoms with E-state index in [9.17, 15) is 0 Å². The van der Waals surface area contributed by atoms with Crippen molar-refractivity contribution in [3.8, 4) is 5.75 Å². The molecule has 3 rings (SSSR count). The van der Waals surface area contributed by atoms with Gasteiger partial charge in [-0.3, -0.25) is 0 Å². The Balaban J connectivity index is 1.58. The van der Waals surface area contributed by atoms with Crippen molar-refractivity contribution in [1.82, 2.24) is 10.1 Å². The van der Waals surface area contributed by atoms with E-state index in [0.29, 0.717) is 23.2 Å². The van der Waals surface area contributed by atoms with Gasteiger partial charge in [-0.1, -0.05) is 5.16 Å². The first-order valence-electron chi connectivity index (χ1n) is 6.31. The zero-order valence-electron chi connectivity index (χ0n) is 10.8. The van der Waals surface area contributed by atoms with E-state index in [2.05, 4.69) is 10.1 Å². The second kappa shape index (κ2) is 6.15. The van der Waals surface area contributed by atoms with E-state index in [-0.39, 0.29) is 12.7 Å². The molecule has 0 amide bonds. The number of benzene rings is 1. The van der Waals surface area contributed by atoms with Crippen molar-refractivity contribution >= 4 is 17.4 Å². The number of anilines is 1. The lowest BCUT2D eigenvalue weighted by Crippen LogP contribution is -2.16. The third-order valence-corrected chi connectivity index (χ3v) is 3.82. The molecule has 0 saturated carbocycles. The average Bonchev–Trinajstić information content (AvgIpc) is 2.97. The standard InChI is InChI=1S/C13H15N3O3S/c14-9-1-3-10(4-2-9)18-7-12-15-13(16-19-12)11-8-20-6-5-17-11/h1-4,11H,5-8,14H2. The van der Waals surface area contributed by atoms with Gasteiger partial charge < -0.3 is 19.7 Å². The number of nitrogens with two attached hydrogens (primary N) is 1. The Morgan fingerprint density at radius 1 is 1.35 bits per heavy atom. The van der Waals surface area contributed by atoms with Crippen LogP contribution in [0.4, 0.5) is 5.69 Å². The van der Waals surface area contributed by atoms with E-state index < -0.39 is 0 Å². The molecule has 7 heteroatoms. The molecule has 1 aliphatic heterocycles. The second-order valence-electron chi connectivity index (χ2n) is 4.34. The van der Waals surface area contributed by atoms with E-state index in [1.165, 1.54) is 0 Å². The van der Waals surface area contributed by atoms with Gasteiger partial charge in [0.15, 0.2) is 6.61 Å². The predicted molar refractivity (Wildman–Crippen MR) is 75.5 cm³/mol. The number of aromatic nitrogens is 2. The Kier molecular flexibility index (Phi) is 4.08. The van der Waals surface area contributed by atoms with Crippen LogP contribution in [-0.2, 0) is 11.3 Å². The zero-order chi connectivity index (χ0) is 13.8. The maximum absolute atomic E-state index is 5.61. The van der Waals surface area contributed by atoms with Crippen LogP contribution in [-0.4, -0.2) is 28.3 Å². The van der Waals surface area contributed by atoms with E-state index in [1.54, 1.807) is 24.3 Å². The molecule has 1 atom stereocenters. The van der Waals surface area contributed by atoms with Crippen LogP contribution in [0.2, 0.25) is 0 Å². The third-order valence-electron chi connectivity index (χ3n) is 2.83. The Labute approximate surface area is 120 Å². The van der Waals surface area contributed by atoms with Crippen LogP contribution in [0.1, 0.15) is 17.8 Å². The maximum Gasteiger partial charge on any atom is 0.264 e. The maximum atomic E-state index is 5.61. The van der Waals surface area contributed by atoms with Crippen molar-refractivity contribution in [3.63, 3.8) is 0 Å². The monoisotopic (exact) mass is 293 g/mol. The zero-order valence-corrected chi connectivity index (χ0v) is 11.6. The van der Waals surface area contributed by atoms with Gasteiger partial charge in [-0.05, 0) is 24.3 Å². The molecule has 2 aromatic rings. The van der Waals surface area contributed by atoms with Gasteiger partial charge >= 0.3 is 0 Å². The fraction of sp³-hybridized carbons (Fsp3) is 0.385. The van der Waals surface area contributed by atoms with Crippen LogP contribution in [0.3, 0.4) is 0 Å². The highest BCUT2D eigenvalue weighted by molar-refractivity contribution is 7.99. The van der Waals surface area contributed by atoms with E-state index in [1.807, 2.05) is 11.8 Å². The number of thioether (sulfide) groups is 1. The fourth-order valence-corrected chi connectivity index (χ4v) is 2.64. The summed E-state index contributed by atoms with van der Waals surface area (Å²) in [5.41, 5.74) is 6.31. The minimum Gasteiger partial charge on any atom is -0.484 e. The summed E-state index contributed by atoms with van der Waals surface area (Å²) in [6.07, 6.45) is -0.0808. The number of rotatable bonds is 4. The molecule has 2 heterocycles. The van der Waals surface area contributed by atoms with Crippen LogP contribution in [0.5, 0.6) is 5.75 Å². The minimum atomic E-state index is -0.0808. The summed E-state index contributed by atoms with van der Waals surface area (Å²) >= 11 is 1.83. The van der Waals surface area contributed by atoms with Crippen molar-refractivity contribution in [2.75, 3.05) is 23.8 Å². The van der Waals surface area contributed by atoms with Gasteiger partial charge in [0, 0.05) is 17.2 Å². The first kappa shape index (κ1) is 13.3. The van der Waals surface area contributed by atoms with Gasteiger partial charge in [0.2, 0.25) is 5.82 Å². The van der Waals surface area contributed by atoms with Gasteiger partial charge in [0.25, 0.3) is 5.89 Å². The van der Waals surface area contributed by atoms with E-state index >= 15 is 0 Å². The molecule has 20 heavy (non-hydrogen) atoms. The normalized spacial score (nSPS) is 18.9. The van der Waals surface area contributed by atoms with Gasteiger partial charge in [-0.2, -0.15) is 16.7 Å². The fourth-order valence-electron chi connectivity index (χ4n) is 1.80. The summed E-state index contributed by atoms with van der Waals surface area (Å²) in [7, 11) is 0. The number of ether oxygens (including phenoxy) is 2. The Morgan fingerprint density at radius 3 is 2.95 bits per heavy atom. The molecule has 2 N–H and O–H groups in total. The predicted octanol–water partition coefficient (Wildman–Crippen LogP) is 2.04. The summed E-state index contributed by atoms with van der Waals surface area (Å²) in [6.45, 7) is 0.956. The topological polar surface area (TPSA) is 83.4 Å². The van der Waals surface area contributed by atoms with Crippen molar-refractivity contribution in [2.24, 2.45) is 0 Å². The Bertz CT molecular complexity index is 552. The van der Waals surface area contributed by atoms with Crippen LogP contribution < -0.4 is 10.5 Å². The van der Waals surface area contributed by atoms with Crippen LogP contribution >= 0.6 is 11.8 Å². The number of nitrogens with zero attached hydrogens (tertiary/aromatic N) is 2. The first-order chi connectivity index (χ1) is 9.81. The van der Waals surface area contributed by atoms with Crippen LogP contribution in [0.15, 0.2) is 28.8 Å². The van der Waals surface area contributed by atoms with E-state index in [0.717, 1.165) is 18.1 Å². The molecule has 1 saturated heterocycles. The Hall–Kier alpha value is -1.73. The molecular weight excluding hydrogens is 278 g/mol. The van der Waals surface area contributed by atoms with Crippen LogP contribution in [0.25, 0.3) is 0 Å². The molecule has 1 aromatic heterocycles. The molecule has 1 unspecified atom stereocenters. The number of hydrogen-bond acceptors (Lipinski definition) is 7. The SMILES string of the molecule is Nc1ccc(OCc2nc(C3CSCCO3)no2)cc1. The summed E-state index contributed by atoms with van der Waals surface area (Å²) in [4.78, 5) is 4.30. The summed E-state index contributed by atoms with van der Waals surface area (Å²) in [5.74, 6) is 3.62. The molecule has 1 aliphatic rings. The van der Waals surface area contributed by atoms with Gasteiger partial charge in [-0.25, -0.2) is 0 Å². The van der Waals surface area contributed by atoms with Crippen molar-refractivity contribution in [2.45, 2.75) is 12.7 Å². The molecule has 1 aromatic carbocycles. The molecule has 0 spiro atoms. The highest BCUT2D eigenvalue weighted by Crippen LogP contribution is 2.24. The molecule has 6 nitrogen and oxygen atoms in total. The smallest absolute Gasteiger partial charge is 0.264 e. The highest BCUT2D eigenvalue weighted by Gasteiger charge is 2.22. The van der Waals surface area contributed by atoms with Crippen LogP contribution in [0, 0.1) is 0 Å². The minimum absolute atomic E-state index is 0.0808. The average molecular weight is 293 g/mol. The molecule has 0 aliphatic carbocycles. The quantitative estimate of drug-likeness (QED) is 0.863. The first-order valence-corrected chi connectivity index (χ1v) is 7.47. The summed E-state index contributed by atoms with van der Waals surface area (Å²) in [5, 5.41) is 3.94. The number of hydrogen-bond donors (Lipinski definition) is 1. The molecule has 106 valence electrons. The highest BCUT2D eigenvalue weighted by atomic mass is 32.2. The van der Waals surface area contributed by atoms with Crippen molar-refractivity contribution in [1.29, 1.82) is 0 Å². The summed E-state index contributed by atoms with van der Waals surface area (Å²) in [6, 6.07) is 7.16. The molecule has 1 fully saturated rings. The lowest BCUT2D eigenvalue weighted by atomic mass is 10.3. The molecule has 0 bridgehead atoms. The lowest BCUT2D eigenvalue weighted by molar-refractivity contribution is 0.0677. The second-order valence-corrected chi connectivity index (χ2v) is 5.49. The van der Waals surface area contributed by atoms with E-state index in [4.69, 9.17) is 19.7 Å².